The minimum atomic E-state index is -0.369. The lowest BCUT2D eigenvalue weighted by Gasteiger charge is -2.29. The van der Waals surface area contributed by atoms with Crippen LogP contribution >= 0.6 is 0 Å². The number of hydrogen-bond acceptors (Lipinski definition) is 3. The van der Waals surface area contributed by atoms with Gasteiger partial charge in [-0.25, -0.2) is 4.39 Å². The van der Waals surface area contributed by atoms with Gasteiger partial charge in [-0.1, -0.05) is 31.3 Å². The standard InChI is InChI=1S/C16H24FN3O/c1-2-11-4-3-5-15(8-11)19-10-12-6-13(16(18)20-21)9-14(17)7-12/h6-7,9,11,15,19,21H,2-5,8,10H2,1H3,(H2,18,20). The van der Waals surface area contributed by atoms with E-state index in [1.807, 2.05) is 0 Å². The molecule has 0 aliphatic heterocycles. The predicted octanol–water partition coefficient (Wildman–Crippen LogP) is 2.98. The lowest BCUT2D eigenvalue weighted by atomic mass is 9.84. The quantitative estimate of drug-likeness (QED) is 0.338. The van der Waals surface area contributed by atoms with Crippen LogP contribution in [0.25, 0.3) is 0 Å². The molecule has 2 unspecified atom stereocenters. The third kappa shape index (κ3) is 4.43. The van der Waals surface area contributed by atoms with Gasteiger partial charge in [-0.15, -0.1) is 0 Å². The number of benzene rings is 1. The topological polar surface area (TPSA) is 70.6 Å². The van der Waals surface area contributed by atoms with Gasteiger partial charge in [0.25, 0.3) is 0 Å². The molecule has 0 bridgehead atoms. The third-order valence-electron chi connectivity index (χ3n) is 4.32. The van der Waals surface area contributed by atoms with E-state index < -0.39 is 0 Å². The molecule has 2 rings (SSSR count). The maximum Gasteiger partial charge on any atom is 0.170 e. The highest BCUT2D eigenvalue weighted by molar-refractivity contribution is 5.97. The summed E-state index contributed by atoms with van der Waals surface area (Å²) in [7, 11) is 0. The molecule has 116 valence electrons. The predicted molar refractivity (Wildman–Crippen MR) is 81.8 cm³/mol. The van der Waals surface area contributed by atoms with Crippen LogP contribution in [-0.4, -0.2) is 17.1 Å². The molecule has 5 heteroatoms. The first-order chi connectivity index (χ1) is 10.1. The van der Waals surface area contributed by atoms with Crippen molar-refractivity contribution in [3.63, 3.8) is 0 Å². The lowest BCUT2D eigenvalue weighted by molar-refractivity contribution is 0.278. The number of halogens is 1. The summed E-state index contributed by atoms with van der Waals surface area (Å²) in [4.78, 5) is 0. The van der Waals surface area contributed by atoms with E-state index in [-0.39, 0.29) is 11.7 Å². The van der Waals surface area contributed by atoms with Crippen molar-refractivity contribution in [1.29, 1.82) is 0 Å². The molecule has 2 atom stereocenters. The molecule has 4 N–H and O–H groups in total. The Morgan fingerprint density at radius 3 is 2.95 bits per heavy atom. The fourth-order valence-electron chi connectivity index (χ4n) is 3.07. The Bertz CT molecular complexity index is 504. The van der Waals surface area contributed by atoms with Gasteiger partial charge in [0.05, 0.1) is 0 Å². The molecule has 0 heterocycles. The molecule has 0 saturated heterocycles. The summed E-state index contributed by atoms with van der Waals surface area (Å²) in [6, 6.07) is 5.01. The van der Waals surface area contributed by atoms with E-state index in [1.54, 1.807) is 6.07 Å². The maximum atomic E-state index is 13.6. The van der Waals surface area contributed by atoms with Gasteiger partial charge in [-0.3, -0.25) is 0 Å². The second kappa shape index (κ2) is 7.41. The van der Waals surface area contributed by atoms with Gasteiger partial charge in [-0.05, 0) is 42.5 Å². The van der Waals surface area contributed by atoms with Gasteiger partial charge in [0.2, 0.25) is 0 Å². The number of amidine groups is 1. The number of nitrogens with zero attached hydrogens (tertiary/aromatic N) is 1. The van der Waals surface area contributed by atoms with Gasteiger partial charge >= 0.3 is 0 Å². The third-order valence-corrected chi connectivity index (χ3v) is 4.32. The first kappa shape index (κ1) is 15.8. The molecule has 0 radical (unpaired) electrons. The van der Waals surface area contributed by atoms with Gasteiger partial charge < -0.3 is 16.3 Å². The van der Waals surface area contributed by atoms with Crippen LogP contribution in [0, 0.1) is 11.7 Å². The van der Waals surface area contributed by atoms with E-state index in [9.17, 15) is 4.39 Å². The van der Waals surface area contributed by atoms with Crippen LogP contribution in [0.4, 0.5) is 4.39 Å². The van der Waals surface area contributed by atoms with Crippen molar-refractivity contribution in [2.24, 2.45) is 16.8 Å². The van der Waals surface area contributed by atoms with Crippen LogP contribution in [0.2, 0.25) is 0 Å². The molecular weight excluding hydrogens is 269 g/mol. The van der Waals surface area contributed by atoms with Crippen LogP contribution in [-0.2, 0) is 6.54 Å². The van der Waals surface area contributed by atoms with Crippen LogP contribution in [0.5, 0.6) is 0 Å². The zero-order chi connectivity index (χ0) is 15.2. The van der Waals surface area contributed by atoms with Crippen molar-refractivity contribution in [3.8, 4) is 0 Å². The maximum absolute atomic E-state index is 13.6. The Morgan fingerprint density at radius 1 is 1.43 bits per heavy atom. The average molecular weight is 293 g/mol. The summed E-state index contributed by atoms with van der Waals surface area (Å²) in [6.45, 7) is 2.84. The molecule has 0 spiro atoms. The van der Waals surface area contributed by atoms with Crippen LogP contribution in [0.3, 0.4) is 0 Å². The number of nitrogens with one attached hydrogen (secondary N) is 1. The highest BCUT2D eigenvalue weighted by atomic mass is 19.1. The van der Waals surface area contributed by atoms with Crippen LogP contribution in [0.1, 0.15) is 50.2 Å². The summed E-state index contributed by atoms with van der Waals surface area (Å²) in [6.07, 6.45) is 6.18. The smallest absolute Gasteiger partial charge is 0.170 e. The molecule has 1 saturated carbocycles. The summed E-state index contributed by atoms with van der Waals surface area (Å²) >= 11 is 0. The van der Waals surface area contributed by atoms with E-state index in [1.165, 1.54) is 44.2 Å². The Kier molecular flexibility index (Phi) is 5.56. The Hall–Kier alpha value is -1.62. The SMILES string of the molecule is CCC1CCCC(NCc2cc(F)cc(/C(N)=N/O)c2)C1. The van der Waals surface area contributed by atoms with E-state index in [0.717, 1.165) is 11.5 Å². The van der Waals surface area contributed by atoms with E-state index in [0.29, 0.717) is 18.2 Å². The molecule has 0 amide bonds. The van der Waals surface area contributed by atoms with Gasteiger partial charge in [0.15, 0.2) is 5.84 Å². The minimum Gasteiger partial charge on any atom is -0.409 e. The normalized spacial score (nSPS) is 23.2. The van der Waals surface area contributed by atoms with Gasteiger partial charge in [0, 0.05) is 18.2 Å². The first-order valence-corrected chi connectivity index (χ1v) is 7.63. The summed E-state index contributed by atoms with van der Waals surface area (Å²) in [5, 5.41) is 15.1. The molecular formula is C16H24FN3O. The number of nitrogens with two attached hydrogens (primary N) is 1. The minimum absolute atomic E-state index is 0.0699. The monoisotopic (exact) mass is 293 g/mol. The zero-order valence-corrected chi connectivity index (χ0v) is 12.5. The summed E-state index contributed by atoms with van der Waals surface area (Å²) < 4.78 is 13.6. The Balaban J connectivity index is 1.98. The van der Waals surface area contributed by atoms with Crippen molar-refractivity contribution >= 4 is 5.84 Å². The van der Waals surface area contributed by atoms with Crippen LogP contribution in [0.15, 0.2) is 23.4 Å². The molecule has 0 aromatic heterocycles. The number of rotatable bonds is 5. The second-order valence-corrected chi connectivity index (χ2v) is 5.85. The molecule has 1 aliphatic carbocycles. The fourth-order valence-corrected chi connectivity index (χ4v) is 3.07. The van der Waals surface area contributed by atoms with Gasteiger partial charge in [0.1, 0.15) is 5.82 Å². The van der Waals surface area contributed by atoms with Gasteiger partial charge in [-0.2, -0.15) is 0 Å². The molecule has 4 nitrogen and oxygen atoms in total. The number of hydrogen-bond donors (Lipinski definition) is 3. The molecule has 1 aromatic carbocycles. The largest absolute Gasteiger partial charge is 0.409 e. The van der Waals surface area contributed by atoms with E-state index >= 15 is 0 Å². The summed E-state index contributed by atoms with van der Waals surface area (Å²) in [5.74, 6) is 0.363. The fraction of sp³-hybridized carbons (Fsp3) is 0.562. The molecule has 21 heavy (non-hydrogen) atoms. The van der Waals surface area contributed by atoms with E-state index in [2.05, 4.69) is 17.4 Å². The zero-order valence-electron chi connectivity index (χ0n) is 12.5. The average Bonchev–Trinajstić information content (AvgIpc) is 2.51. The highest BCUT2D eigenvalue weighted by Crippen LogP contribution is 2.26. The van der Waals surface area contributed by atoms with E-state index in [4.69, 9.17) is 10.9 Å². The van der Waals surface area contributed by atoms with Crippen molar-refractivity contribution in [2.75, 3.05) is 0 Å². The Morgan fingerprint density at radius 2 is 2.24 bits per heavy atom. The highest BCUT2D eigenvalue weighted by Gasteiger charge is 2.20. The number of oxime groups is 1. The van der Waals surface area contributed by atoms with Crippen molar-refractivity contribution < 1.29 is 9.60 Å². The molecule has 1 aromatic rings. The van der Waals surface area contributed by atoms with Crippen molar-refractivity contribution in [2.45, 2.75) is 51.6 Å². The molecule has 1 aliphatic rings. The summed E-state index contributed by atoms with van der Waals surface area (Å²) in [5.41, 5.74) is 6.74. The lowest BCUT2D eigenvalue weighted by Crippen LogP contribution is -2.33. The Labute approximate surface area is 125 Å². The van der Waals surface area contributed by atoms with Crippen molar-refractivity contribution in [1.82, 2.24) is 5.32 Å². The van der Waals surface area contributed by atoms with Crippen molar-refractivity contribution in [3.05, 3.63) is 35.1 Å². The van der Waals surface area contributed by atoms with Crippen LogP contribution < -0.4 is 11.1 Å². The second-order valence-electron chi connectivity index (χ2n) is 5.85. The molecule has 1 fully saturated rings. The first-order valence-electron chi connectivity index (χ1n) is 7.63.